The van der Waals surface area contributed by atoms with Crippen LogP contribution in [-0.2, 0) is 9.53 Å². The van der Waals surface area contributed by atoms with Crippen molar-refractivity contribution < 1.29 is 9.53 Å². The van der Waals surface area contributed by atoms with Gasteiger partial charge in [0.1, 0.15) is 6.10 Å². The van der Waals surface area contributed by atoms with Gasteiger partial charge in [-0.05, 0) is 36.5 Å². The molecule has 0 heterocycles. The van der Waals surface area contributed by atoms with Crippen LogP contribution in [0.3, 0.4) is 0 Å². The van der Waals surface area contributed by atoms with Crippen LogP contribution in [0.15, 0.2) is 0 Å². The summed E-state index contributed by atoms with van der Waals surface area (Å²) in [5.41, 5.74) is 0. The Morgan fingerprint density at radius 2 is 1.59 bits per heavy atom. The summed E-state index contributed by atoms with van der Waals surface area (Å²) in [5, 5.41) is 0. The van der Waals surface area contributed by atoms with Gasteiger partial charge in [-0.25, -0.2) is 0 Å². The minimum Gasteiger partial charge on any atom is -0.462 e. The summed E-state index contributed by atoms with van der Waals surface area (Å²) in [5.74, 6) is 2.90. The summed E-state index contributed by atoms with van der Waals surface area (Å²) in [6.45, 7) is 12.8. The second kappa shape index (κ2) is 5.88. The topological polar surface area (TPSA) is 26.3 Å². The van der Waals surface area contributed by atoms with Crippen LogP contribution in [0, 0.1) is 29.6 Å². The molecule has 0 saturated heterocycles. The van der Waals surface area contributed by atoms with E-state index < -0.39 is 0 Å². The molecule has 0 N–H and O–H groups in total. The lowest BCUT2D eigenvalue weighted by Gasteiger charge is -2.43. The molecule has 0 aromatic carbocycles. The van der Waals surface area contributed by atoms with Gasteiger partial charge in [-0.15, -0.1) is 0 Å². The van der Waals surface area contributed by atoms with Gasteiger partial charge in [0.05, 0.1) is 0 Å². The first-order valence-electron chi connectivity index (χ1n) is 7.00. The fraction of sp³-hybridized carbons (Fsp3) is 0.933. The molecule has 0 bridgehead atoms. The molecule has 0 aromatic rings. The van der Waals surface area contributed by atoms with Crippen molar-refractivity contribution in [3.05, 3.63) is 0 Å². The summed E-state index contributed by atoms with van der Waals surface area (Å²) >= 11 is 0. The fourth-order valence-corrected chi connectivity index (χ4v) is 3.74. The molecule has 1 saturated carbocycles. The van der Waals surface area contributed by atoms with Crippen molar-refractivity contribution in [2.24, 2.45) is 29.6 Å². The van der Waals surface area contributed by atoms with Crippen molar-refractivity contribution in [3.63, 3.8) is 0 Å². The highest BCUT2D eigenvalue weighted by molar-refractivity contribution is 5.66. The zero-order valence-electron chi connectivity index (χ0n) is 12.2. The lowest BCUT2D eigenvalue weighted by atomic mass is 9.66. The molecule has 0 aliphatic heterocycles. The molecule has 3 atom stereocenters. The van der Waals surface area contributed by atoms with Gasteiger partial charge >= 0.3 is 5.97 Å². The Morgan fingerprint density at radius 3 is 1.94 bits per heavy atom. The van der Waals surface area contributed by atoms with Gasteiger partial charge in [0.25, 0.3) is 0 Å². The molecule has 2 heteroatoms. The number of carbonyl (C=O) groups excluding carboxylic acids is 1. The second-order valence-corrected chi connectivity index (χ2v) is 6.43. The number of hydrogen-bond acceptors (Lipinski definition) is 2. The quantitative estimate of drug-likeness (QED) is 0.699. The third-order valence-corrected chi connectivity index (χ3v) is 4.20. The monoisotopic (exact) mass is 240 g/mol. The maximum atomic E-state index is 11.3. The molecule has 0 amide bonds. The molecule has 100 valence electrons. The molecule has 1 fully saturated rings. The molecule has 1 aliphatic carbocycles. The van der Waals surface area contributed by atoms with Gasteiger partial charge in [-0.2, -0.15) is 0 Å². The summed E-state index contributed by atoms with van der Waals surface area (Å²) < 4.78 is 5.59. The lowest BCUT2D eigenvalue weighted by Crippen LogP contribution is -2.42. The SMILES string of the molecule is CC(=O)OC(C(C)C)C1C(C)CC(C)CC1C. The van der Waals surface area contributed by atoms with Crippen LogP contribution in [0.4, 0.5) is 0 Å². The van der Waals surface area contributed by atoms with Crippen molar-refractivity contribution in [1.82, 2.24) is 0 Å². The molecule has 3 unspecified atom stereocenters. The Hall–Kier alpha value is -0.530. The molecular weight excluding hydrogens is 212 g/mol. The number of esters is 1. The van der Waals surface area contributed by atoms with Gasteiger partial charge < -0.3 is 4.74 Å². The molecule has 0 aromatic heterocycles. The minimum absolute atomic E-state index is 0.0880. The fourth-order valence-electron chi connectivity index (χ4n) is 3.74. The minimum atomic E-state index is -0.137. The van der Waals surface area contributed by atoms with E-state index in [0.717, 1.165) is 5.92 Å². The van der Waals surface area contributed by atoms with E-state index in [9.17, 15) is 4.79 Å². The van der Waals surface area contributed by atoms with E-state index in [-0.39, 0.29) is 12.1 Å². The van der Waals surface area contributed by atoms with Crippen LogP contribution < -0.4 is 0 Å². The Labute approximate surface area is 106 Å². The first kappa shape index (κ1) is 14.5. The molecule has 1 aliphatic rings. The van der Waals surface area contributed by atoms with E-state index in [0.29, 0.717) is 23.7 Å². The Morgan fingerprint density at radius 1 is 1.12 bits per heavy atom. The third-order valence-electron chi connectivity index (χ3n) is 4.20. The largest absolute Gasteiger partial charge is 0.462 e. The van der Waals surface area contributed by atoms with Crippen LogP contribution in [0.25, 0.3) is 0 Å². The average molecular weight is 240 g/mol. The van der Waals surface area contributed by atoms with E-state index in [1.165, 1.54) is 19.8 Å². The highest BCUT2D eigenvalue weighted by Gasteiger charge is 2.39. The van der Waals surface area contributed by atoms with Crippen molar-refractivity contribution in [2.75, 3.05) is 0 Å². The number of carbonyl (C=O) groups is 1. The number of hydrogen-bond donors (Lipinski definition) is 0. The third kappa shape index (κ3) is 3.72. The molecule has 2 nitrogen and oxygen atoms in total. The average Bonchev–Trinajstić information content (AvgIpc) is 2.13. The lowest BCUT2D eigenvalue weighted by molar-refractivity contribution is -0.156. The molecule has 0 spiro atoms. The Kier molecular flexibility index (Phi) is 5.03. The van der Waals surface area contributed by atoms with Gasteiger partial charge in [0, 0.05) is 12.8 Å². The van der Waals surface area contributed by atoms with E-state index in [4.69, 9.17) is 4.74 Å². The molecule has 0 radical (unpaired) electrons. The van der Waals surface area contributed by atoms with Crippen LogP contribution in [0.2, 0.25) is 0 Å². The summed E-state index contributed by atoms with van der Waals surface area (Å²) in [7, 11) is 0. The Bertz CT molecular complexity index is 248. The zero-order valence-corrected chi connectivity index (χ0v) is 12.2. The zero-order chi connectivity index (χ0) is 13.2. The van der Waals surface area contributed by atoms with Gasteiger partial charge in [-0.3, -0.25) is 4.79 Å². The van der Waals surface area contributed by atoms with Crippen LogP contribution in [0.1, 0.15) is 54.4 Å². The van der Waals surface area contributed by atoms with Crippen LogP contribution in [-0.4, -0.2) is 12.1 Å². The van der Waals surface area contributed by atoms with E-state index in [1.54, 1.807) is 0 Å². The van der Waals surface area contributed by atoms with E-state index >= 15 is 0 Å². The highest BCUT2D eigenvalue weighted by Crippen LogP contribution is 2.42. The predicted molar refractivity (Wildman–Crippen MR) is 70.6 cm³/mol. The molecular formula is C15H28O2. The van der Waals surface area contributed by atoms with E-state index in [2.05, 4.69) is 34.6 Å². The van der Waals surface area contributed by atoms with Gasteiger partial charge in [0.2, 0.25) is 0 Å². The standard InChI is InChI=1S/C15H28O2/c1-9(2)15(17-13(6)16)14-11(4)7-10(3)8-12(14)5/h9-12,14-15H,7-8H2,1-6H3. The van der Waals surface area contributed by atoms with Crippen LogP contribution >= 0.6 is 0 Å². The van der Waals surface area contributed by atoms with Gasteiger partial charge in [-0.1, -0.05) is 34.6 Å². The molecule has 17 heavy (non-hydrogen) atoms. The summed E-state index contributed by atoms with van der Waals surface area (Å²) in [6.07, 6.45) is 2.61. The van der Waals surface area contributed by atoms with Crippen molar-refractivity contribution >= 4 is 5.97 Å². The van der Waals surface area contributed by atoms with Crippen molar-refractivity contribution in [3.8, 4) is 0 Å². The number of ether oxygens (including phenoxy) is 1. The summed E-state index contributed by atoms with van der Waals surface area (Å²) in [6, 6.07) is 0. The molecule has 1 rings (SSSR count). The maximum absolute atomic E-state index is 11.3. The predicted octanol–water partition coefficient (Wildman–Crippen LogP) is 3.89. The first-order valence-corrected chi connectivity index (χ1v) is 7.00. The van der Waals surface area contributed by atoms with Crippen LogP contribution in [0.5, 0.6) is 0 Å². The maximum Gasteiger partial charge on any atom is 0.302 e. The van der Waals surface area contributed by atoms with Crippen molar-refractivity contribution in [2.45, 2.75) is 60.5 Å². The highest BCUT2D eigenvalue weighted by atomic mass is 16.5. The normalized spacial score (nSPS) is 35.7. The first-order chi connectivity index (χ1) is 7.82. The van der Waals surface area contributed by atoms with Gasteiger partial charge in [0.15, 0.2) is 0 Å². The smallest absolute Gasteiger partial charge is 0.302 e. The second-order valence-electron chi connectivity index (χ2n) is 6.43. The summed E-state index contributed by atoms with van der Waals surface area (Å²) in [4.78, 5) is 11.3. The Balaban J connectivity index is 2.81. The van der Waals surface area contributed by atoms with E-state index in [1.807, 2.05) is 0 Å². The number of rotatable bonds is 3. The van der Waals surface area contributed by atoms with Crippen molar-refractivity contribution in [1.29, 1.82) is 0 Å².